The van der Waals surface area contributed by atoms with Crippen molar-refractivity contribution < 1.29 is 21.9 Å². The lowest BCUT2D eigenvalue weighted by Gasteiger charge is -2.22. The van der Waals surface area contributed by atoms with Gasteiger partial charge in [-0.2, -0.15) is 0 Å². The number of nitrogens with one attached hydrogen (secondary N) is 2. The molecule has 9 heavy (non-hydrogen) atoms. The van der Waals surface area contributed by atoms with Gasteiger partial charge in [0.15, 0.2) is 0 Å². The molecule has 0 spiro atoms. The van der Waals surface area contributed by atoms with E-state index < -0.39 is 0 Å². The number of likely N-dealkylation sites (N-methyl/N-ethyl adjacent to an activating group) is 1. The molecule has 0 unspecified atom stereocenters. The van der Waals surface area contributed by atoms with E-state index in [2.05, 4.69) is 12.2 Å². The molecule has 0 bridgehead atoms. The first-order valence-electron chi connectivity index (χ1n) is 3.47. The van der Waals surface area contributed by atoms with Crippen molar-refractivity contribution in [3.05, 3.63) is 0 Å². The lowest BCUT2D eigenvalue weighted by molar-refractivity contribution is -0.899. The molecule has 0 aliphatic carbocycles. The molecule has 1 aliphatic rings. The summed E-state index contributed by atoms with van der Waals surface area (Å²) in [5.41, 5.74) is 0. The minimum Gasteiger partial charge on any atom is -1.00 e. The first kappa shape index (κ1) is 9.40. The number of rotatable bonds is 1. The summed E-state index contributed by atoms with van der Waals surface area (Å²) in [4.78, 5) is 1.74. The van der Waals surface area contributed by atoms with E-state index in [0.717, 1.165) is 0 Å². The Kier molecular flexibility index (Phi) is 5.44. The molecule has 0 aromatic heterocycles. The van der Waals surface area contributed by atoms with E-state index in [4.69, 9.17) is 0 Å². The van der Waals surface area contributed by atoms with Gasteiger partial charge in [0, 0.05) is 13.1 Å². The van der Waals surface area contributed by atoms with Crippen molar-refractivity contribution in [2.45, 2.75) is 6.92 Å². The van der Waals surface area contributed by atoms with Crippen molar-refractivity contribution in [1.29, 1.82) is 0 Å². The molecule has 1 fully saturated rings. The molecule has 2 nitrogen and oxygen atoms in total. The van der Waals surface area contributed by atoms with Crippen molar-refractivity contribution in [3.63, 3.8) is 0 Å². The van der Waals surface area contributed by atoms with Crippen LogP contribution in [0.3, 0.4) is 0 Å². The summed E-state index contributed by atoms with van der Waals surface area (Å²) >= 11 is 0. The number of halogens is 1. The van der Waals surface area contributed by atoms with Crippen LogP contribution in [0.4, 0.5) is 0 Å². The van der Waals surface area contributed by atoms with Gasteiger partial charge >= 0.3 is 0 Å². The summed E-state index contributed by atoms with van der Waals surface area (Å²) < 4.78 is 0. The molecule has 0 radical (unpaired) electrons. The van der Waals surface area contributed by atoms with Crippen LogP contribution in [0, 0.1) is 0 Å². The van der Waals surface area contributed by atoms with E-state index in [9.17, 15) is 0 Å². The van der Waals surface area contributed by atoms with Crippen molar-refractivity contribution >= 4 is 0 Å². The van der Waals surface area contributed by atoms with E-state index >= 15 is 0 Å². The van der Waals surface area contributed by atoms with Crippen LogP contribution in [0.2, 0.25) is 0 Å². The molecule has 1 heterocycles. The quantitative estimate of drug-likeness (QED) is 0.431. The van der Waals surface area contributed by atoms with E-state index in [1.54, 1.807) is 4.90 Å². The highest BCUT2D eigenvalue weighted by molar-refractivity contribution is 4.48. The second kappa shape index (κ2) is 5.21. The maximum absolute atomic E-state index is 3.33. The van der Waals surface area contributed by atoms with Crippen LogP contribution in [0.25, 0.3) is 0 Å². The molecule has 0 saturated carbocycles. The third-order valence-electron chi connectivity index (χ3n) is 1.81. The zero-order valence-electron chi connectivity index (χ0n) is 5.91. The smallest absolute Gasteiger partial charge is 0.0898 e. The van der Waals surface area contributed by atoms with Crippen LogP contribution < -0.4 is 27.2 Å². The summed E-state index contributed by atoms with van der Waals surface area (Å²) in [6.07, 6.45) is 0. The summed E-state index contributed by atoms with van der Waals surface area (Å²) in [7, 11) is 0. The molecule has 0 atom stereocenters. The molecular weight excluding hydrogens is 180 g/mol. The Morgan fingerprint density at radius 1 is 1.33 bits per heavy atom. The van der Waals surface area contributed by atoms with Crippen LogP contribution in [0.15, 0.2) is 0 Å². The standard InChI is InChI=1S/C6H14N2.BrH/c1-2-8-5-3-7-4-6-8;/h7H,2-6H2,1H3;1H. The fourth-order valence-corrected chi connectivity index (χ4v) is 1.13. The average molecular weight is 195 g/mol. The second-order valence-electron chi connectivity index (χ2n) is 2.35. The molecule has 0 aromatic rings. The predicted molar refractivity (Wildman–Crippen MR) is 34.1 cm³/mol. The molecule has 56 valence electrons. The zero-order valence-corrected chi connectivity index (χ0v) is 7.50. The van der Waals surface area contributed by atoms with Gasteiger partial charge in [-0.3, -0.25) is 0 Å². The third-order valence-corrected chi connectivity index (χ3v) is 1.81. The first-order chi connectivity index (χ1) is 3.93. The van der Waals surface area contributed by atoms with Gasteiger partial charge in [0.1, 0.15) is 0 Å². The maximum atomic E-state index is 3.33. The Balaban J connectivity index is 0.000000640. The van der Waals surface area contributed by atoms with E-state index in [-0.39, 0.29) is 17.0 Å². The minimum absolute atomic E-state index is 0. The lowest BCUT2D eigenvalue weighted by Crippen LogP contribution is -3.14. The van der Waals surface area contributed by atoms with Gasteiger partial charge in [-0.05, 0) is 6.92 Å². The summed E-state index contributed by atoms with van der Waals surface area (Å²) in [5, 5.41) is 3.33. The number of hydrogen-bond acceptors (Lipinski definition) is 1. The summed E-state index contributed by atoms with van der Waals surface area (Å²) in [6.45, 7) is 8.60. The van der Waals surface area contributed by atoms with Gasteiger partial charge in [0.05, 0.1) is 19.6 Å². The van der Waals surface area contributed by atoms with Crippen molar-refractivity contribution in [2.75, 3.05) is 32.7 Å². The zero-order chi connectivity index (χ0) is 5.82. The molecule has 1 rings (SSSR count). The van der Waals surface area contributed by atoms with Crippen molar-refractivity contribution in [1.82, 2.24) is 5.32 Å². The fourth-order valence-electron chi connectivity index (χ4n) is 1.13. The Bertz CT molecular complexity index is 62.1. The van der Waals surface area contributed by atoms with Crippen LogP contribution >= 0.6 is 0 Å². The normalized spacial score (nSPS) is 21.0. The molecule has 1 saturated heterocycles. The number of quaternary nitrogens is 1. The fraction of sp³-hybridized carbons (Fsp3) is 1.00. The largest absolute Gasteiger partial charge is 1.00 e. The highest BCUT2D eigenvalue weighted by Crippen LogP contribution is 1.61. The Hall–Kier alpha value is 0.400. The van der Waals surface area contributed by atoms with Gasteiger partial charge in [0.2, 0.25) is 0 Å². The van der Waals surface area contributed by atoms with Gasteiger partial charge in [-0.25, -0.2) is 0 Å². The molecule has 3 heteroatoms. The first-order valence-corrected chi connectivity index (χ1v) is 3.47. The molecule has 0 aromatic carbocycles. The average Bonchev–Trinajstić information content (AvgIpc) is 1.90. The van der Waals surface area contributed by atoms with Crippen LogP contribution in [-0.4, -0.2) is 32.7 Å². The molecule has 2 N–H and O–H groups in total. The highest BCUT2D eigenvalue weighted by atomic mass is 79.9. The molecular formula is C6H15BrN2. The number of piperazine rings is 1. The topological polar surface area (TPSA) is 16.5 Å². The van der Waals surface area contributed by atoms with Gasteiger partial charge in [-0.1, -0.05) is 0 Å². The van der Waals surface area contributed by atoms with Crippen LogP contribution in [0.1, 0.15) is 6.92 Å². The predicted octanol–water partition coefficient (Wildman–Crippen LogP) is -4.50. The van der Waals surface area contributed by atoms with Crippen molar-refractivity contribution in [3.8, 4) is 0 Å². The van der Waals surface area contributed by atoms with E-state index in [1.807, 2.05) is 0 Å². The van der Waals surface area contributed by atoms with Crippen molar-refractivity contribution in [2.24, 2.45) is 0 Å². The Morgan fingerprint density at radius 2 is 1.89 bits per heavy atom. The van der Waals surface area contributed by atoms with Gasteiger partial charge in [-0.15, -0.1) is 0 Å². The SMILES string of the molecule is CC[NH+]1CCNCC1.[Br-]. The van der Waals surface area contributed by atoms with Crippen LogP contribution in [-0.2, 0) is 0 Å². The molecule has 1 aliphatic heterocycles. The number of hydrogen-bond donors (Lipinski definition) is 2. The van der Waals surface area contributed by atoms with E-state index in [1.165, 1.54) is 32.7 Å². The summed E-state index contributed by atoms with van der Waals surface area (Å²) in [5.74, 6) is 0. The summed E-state index contributed by atoms with van der Waals surface area (Å²) in [6, 6.07) is 0. The minimum atomic E-state index is 0. The van der Waals surface area contributed by atoms with Crippen LogP contribution in [0.5, 0.6) is 0 Å². The van der Waals surface area contributed by atoms with Gasteiger partial charge < -0.3 is 27.2 Å². The van der Waals surface area contributed by atoms with Gasteiger partial charge in [0.25, 0.3) is 0 Å². The molecule has 0 amide bonds. The third kappa shape index (κ3) is 3.18. The Labute approximate surface area is 67.4 Å². The monoisotopic (exact) mass is 194 g/mol. The highest BCUT2D eigenvalue weighted by Gasteiger charge is 2.08. The van der Waals surface area contributed by atoms with E-state index in [0.29, 0.717) is 0 Å². The second-order valence-corrected chi connectivity index (χ2v) is 2.35. The Morgan fingerprint density at radius 3 is 2.22 bits per heavy atom. The lowest BCUT2D eigenvalue weighted by atomic mass is 10.4. The maximum Gasteiger partial charge on any atom is 0.0898 e.